The SMILES string of the molecule is CC(CNC(=O)c1ccccc1OCCc1ccccc1)NC(=O)c1ccccc1OCCc1ccccc1. The summed E-state index contributed by atoms with van der Waals surface area (Å²) in [6.07, 6.45) is 1.49. The molecule has 0 bridgehead atoms. The Hall–Kier alpha value is -4.58. The zero-order valence-corrected chi connectivity index (χ0v) is 22.1. The lowest BCUT2D eigenvalue weighted by Crippen LogP contribution is -2.42. The molecule has 2 N–H and O–H groups in total. The monoisotopic (exact) mass is 522 g/mol. The number of ether oxygens (including phenoxy) is 2. The highest BCUT2D eigenvalue weighted by Crippen LogP contribution is 2.20. The number of para-hydroxylation sites is 2. The summed E-state index contributed by atoms with van der Waals surface area (Å²) in [6.45, 7) is 3.04. The Balaban J connectivity index is 1.26. The van der Waals surface area contributed by atoms with Gasteiger partial charge in [0.2, 0.25) is 0 Å². The first-order valence-corrected chi connectivity index (χ1v) is 13.2. The molecule has 0 spiro atoms. The van der Waals surface area contributed by atoms with E-state index in [-0.39, 0.29) is 24.4 Å². The molecule has 0 heterocycles. The van der Waals surface area contributed by atoms with E-state index < -0.39 is 0 Å². The van der Waals surface area contributed by atoms with Gasteiger partial charge < -0.3 is 20.1 Å². The summed E-state index contributed by atoms with van der Waals surface area (Å²) in [5.41, 5.74) is 3.27. The van der Waals surface area contributed by atoms with E-state index in [4.69, 9.17) is 9.47 Å². The summed E-state index contributed by atoms with van der Waals surface area (Å²) >= 11 is 0. The lowest BCUT2D eigenvalue weighted by atomic mass is 10.1. The molecule has 0 aliphatic rings. The van der Waals surface area contributed by atoms with Gasteiger partial charge in [-0.15, -0.1) is 0 Å². The molecule has 1 atom stereocenters. The standard InChI is InChI=1S/C33H34N2O4/c1-25(35-33(37)29-17-9-11-19-31(29)39-23-21-27-14-6-3-7-15-27)24-34-32(36)28-16-8-10-18-30(28)38-22-20-26-12-4-2-5-13-26/h2-19,25H,20-24H2,1H3,(H,34,36)(H,35,37). The lowest BCUT2D eigenvalue weighted by Gasteiger charge is -2.17. The summed E-state index contributed by atoms with van der Waals surface area (Å²) < 4.78 is 11.8. The van der Waals surface area contributed by atoms with Gasteiger partial charge in [-0.2, -0.15) is 0 Å². The van der Waals surface area contributed by atoms with Crippen molar-refractivity contribution in [3.05, 3.63) is 131 Å². The third kappa shape index (κ3) is 8.47. The Morgan fingerprint density at radius 3 is 1.56 bits per heavy atom. The smallest absolute Gasteiger partial charge is 0.255 e. The minimum Gasteiger partial charge on any atom is -0.492 e. The molecule has 0 radical (unpaired) electrons. The number of benzene rings is 4. The molecule has 6 heteroatoms. The number of amides is 2. The van der Waals surface area contributed by atoms with Crippen molar-refractivity contribution >= 4 is 11.8 Å². The van der Waals surface area contributed by atoms with Crippen LogP contribution < -0.4 is 20.1 Å². The van der Waals surface area contributed by atoms with E-state index in [0.29, 0.717) is 35.8 Å². The van der Waals surface area contributed by atoms with E-state index in [9.17, 15) is 9.59 Å². The maximum Gasteiger partial charge on any atom is 0.255 e. The zero-order chi connectivity index (χ0) is 27.3. The Bertz CT molecular complexity index is 1340. The van der Waals surface area contributed by atoms with Gasteiger partial charge in [0.05, 0.1) is 24.3 Å². The summed E-state index contributed by atoms with van der Waals surface area (Å²) in [6, 6.07) is 34.2. The van der Waals surface area contributed by atoms with E-state index in [1.165, 1.54) is 11.1 Å². The fourth-order valence-corrected chi connectivity index (χ4v) is 4.10. The van der Waals surface area contributed by atoms with Gasteiger partial charge in [0.15, 0.2) is 0 Å². The van der Waals surface area contributed by atoms with Crippen LogP contribution in [-0.4, -0.2) is 37.6 Å². The first-order valence-electron chi connectivity index (χ1n) is 13.2. The maximum absolute atomic E-state index is 13.0. The van der Waals surface area contributed by atoms with Crippen LogP contribution in [0.5, 0.6) is 11.5 Å². The maximum atomic E-state index is 13.0. The zero-order valence-electron chi connectivity index (χ0n) is 22.1. The van der Waals surface area contributed by atoms with Crippen molar-refractivity contribution in [3.63, 3.8) is 0 Å². The van der Waals surface area contributed by atoms with Crippen molar-refractivity contribution in [2.45, 2.75) is 25.8 Å². The van der Waals surface area contributed by atoms with Crippen molar-refractivity contribution < 1.29 is 19.1 Å². The number of hydrogen-bond acceptors (Lipinski definition) is 4. The Kier molecular flexibility index (Phi) is 10.1. The highest BCUT2D eigenvalue weighted by molar-refractivity contribution is 5.98. The van der Waals surface area contributed by atoms with Gasteiger partial charge in [0.1, 0.15) is 11.5 Å². The van der Waals surface area contributed by atoms with Crippen molar-refractivity contribution in [1.82, 2.24) is 10.6 Å². The van der Waals surface area contributed by atoms with Gasteiger partial charge in [-0.25, -0.2) is 0 Å². The second kappa shape index (κ2) is 14.4. The van der Waals surface area contributed by atoms with Crippen molar-refractivity contribution in [2.24, 2.45) is 0 Å². The van der Waals surface area contributed by atoms with Gasteiger partial charge in [-0.1, -0.05) is 84.9 Å². The van der Waals surface area contributed by atoms with Crippen LogP contribution in [0.4, 0.5) is 0 Å². The summed E-state index contributed by atoms with van der Waals surface area (Å²) in [5.74, 6) is 0.556. The van der Waals surface area contributed by atoms with Crippen LogP contribution in [0, 0.1) is 0 Å². The number of carbonyl (C=O) groups is 2. The molecule has 200 valence electrons. The third-order valence-electron chi connectivity index (χ3n) is 6.19. The molecular formula is C33H34N2O4. The van der Waals surface area contributed by atoms with Crippen LogP contribution in [0.15, 0.2) is 109 Å². The van der Waals surface area contributed by atoms with Gasteiger partial charge in [0, 0.05) is 25.4 Å². The summed E-state index contributed by atoms with van der Waals surface area (Å²) in [5, 5.41) is 5.86. The molecule has 0 aliphatic heterocycles. The molecule has 0 saturated heterocycles. The van der Waals surface area contributed by atoms with E-state index in [2.05, 4.69) is 10.6 Å². The van der Waals surface area contributed by atoms with Crippen LogP contribution in [0.3, 0.4) is 0 Å². The molecule has 4 rings (SSSR count). The number of hydrogen-bond donors (Lipinski definition) is 2. The summed E-state index contributed by atoms with van der Waals surface area (Å²) in [7, 11) is 0. The van der Waals surface area contributed by atoms with Crippen LogP contribution in [0.25, 0.3) is 0 Å². The Labute approximate surface area is 230 Å². The second-order valence-corrected chi connectivity index (χ2v) is 9.24. The minimum atomic E-state index is -0.301. The molecule has 0 aliphatic carbocycles. The topological polar surface area (TPSA) is 76.7 Å². The normalized spacial score (nSPS) is 11.3. The number of carbonyl (C=O) groups excluding carboxylic acids is 2. The van der Waals surface area contributed by atoms with Crippen LogP contribution in [0.2, 0.25) is 0 Å². The number of nitrogens with one attached hydrogen (secondary N) is 2. The molecular weight excluding hydrogens is 488 g/mol. The highest BCUT2D eigenvalue weighted by Gasteiger charge is 2.17. The first kappa shape index (κ1) is 27.5. The van der Waals surface area contributed by atoms with Crippen molar-refractivity contribution in [1.29, 1.82) is 0 Å². The van der Waals surface area contributed by atoms with Crippen LogP contribution in [-0.2, 0) is 12.8 Å². The van der Waals surface area contributed by atoms with Crippen LogP contribution in [0.1, 0.15) is 38.8 Å². The predicted octanol–water partition coefficient (Wildman–Crippen LogP) is 5.48. The largest absolute Gasteiger partial charge is 0.492 e. The van der Waals surface area contributed by atoms with Crippen molar-refractivity contribution in [3.8, 4) is 11.5 Å². The molecule has 1 unspecified atom stereocenters. The average molecular weight is 523 g/mol. The van der Waals surface area contributed by atoms with Gasteiger partial charge in [-0.05, 0) is 42.3 Å². The molecule has 39 heavy (non-hydrogen) atoms. The number of rotatable bonds is 13. The minimum absolute atomic E-state index is 0.253. The molecule has 0 saturated carbocycles. The lowest BCUT2D eigenvalue weighted by molar-refractivity contribution is 0.0908. The first-order chi connectivity index (χ1) is 19.1. The van der Waals surface area contributed by atoms with E-state index in [1.54, 1.807) is 36.4 Å². The van der Waals surface area contributed by atoms with E-state index in [0.717, 1.165) is 12.8 Å². The van der Waals surface area contributed by atoms with Gasteiger partial charge in [-0.3, -0.25) is 9.59 Å². The van der Waals surface area contributed by atoms with Gasteiger partial charge >= 0.3 is 0 Å². The predicted molar refractivity (Wildman–Crippen MR) is 153 cm³/mol. The molecule has 4 aromatic rings. The molecule has 2 amide bonds. The molecule has 0 aromatic heterocycles. The van der Waals surface area contributed by atoms with Crippen LogP contribution >= 0.6 is 0 Å². The molecule has 6 nitrogen and oxygen atoms in total. The Morgan fingerprint density at radius 1 is 0.615 bits per heavy atom. The van der Waals surface area contributed by atoms with E-state index >= 15 is 0 Å². The molecule has 0 fully saturated rings. The fourth-order valence-electron chi connectivity index (χ4n) is 4.10. The average Bonchev–Trinajstić information content (AvgIpc) is 2.97. The second-order valence-electron chi connectivity index (χ2n) is 9.24. The fraction of sp³-hybridized carbons (Fsp3) is 0.212. The summed E-state index contributed by atoms with van der Waals surface area (Å²) in [4.78, 5) is 25.9. The third-order valence-corrected chi connectivity index (χ3v) is 6.19. The van der Waals surface area contributed by atoms with Gasteiger partial charge in [0.25, 0.3) is 11.8 Å². The molecule has 4 aromatic carbocycles. The van der Waals surface area contributed by atoms with Crippen molar-refractivity contribution in [2.75, 3.05) is 19.8 Å². The quantitative estimate of drug-likeness (QED) is 0.244. The highest BCUT2D eigenvalue weighted by atomic mass is 16.5. The Morgan fingerprint density at radius 2 is 1.05 bits per heavy atom. The van der Waals surface area contributed by atoms with E-state index in [1.807, 2.05) is 79.7 Å².